The summed E-state index contributed by atoms with van der Waals surface area (Å²) in [5.41, 5.74) is 1.25. The van der Waals surface area contributed by atoms with Crippen molar-refractivity contribution in [2.24, 2.45) is 0 Å². The zero-order chi connectivity index (χ0) is 14.6. The van der Waals surface area contributed by atoms with Gasteiger partial charge in [0.1, 0.15) is 0 Å². The van der Waals surface area contributed by atoms with Gasteiger partial charge in [-0.3, -0.25) is 4.72 Å². The maximum atomic E-state index is 11.9. The third kappa shape index (κ3) is 4.37. The number of nitrogens with one attached hydrogen (secondary N) is 1. The Morgan fingerprint density at radius 1 is 1.05 bits per heavy atom. The summed E-state index contributed by atoms with van der Waals surface area (Å²) in [5, 5.41) is 1.73. The zero-order valence-corrected chi connectivity index (χ0v) is 13.4. The summed E-state index contributed by atoms with van der Waals surface area (Å²) in [7, 11) is -3.56. The lowest BCUT2D eigenvalue weighted by Crippen LogP contribution is -2.09. The van der Waals surface area contributed by atoms with Crippen LogP contribution < -0.4 is 4.72 Å². The third-order valence-corrected chi connectivity index (χ3v) is 4.38. The Morgan fingerprint density at radius 2 is 1.70 bits per heavy atom. The fourth-order valence-corrected chi connectivity index (χ4v) is 3.00. The van der Waals surface area contributed by atoms with Crippen molar-refractivity contribution in [2.75, 3.05) is 4.72 Å². The molecule has 0 aliphatic heterocycles. The van der Waals surface area contributed by atoms with E-state index in [9.17, 15) is 8.42 Å². The Bertz CT molecular complexity index is 727. The molecule has 0 fully saturated rings. The van der Waals surface area contributed by atoms with Crippen molar-refractivity contribution < 1.29 is 8.42 Å². The molecule has 0 unspecified atom stereocenters. The van der Waals surface area contributed by atoms with E-state index in [-0.39, 0.29) is 0 Å². The molecular formula is C14H11BrClNO2S. The van der Waals surface area contributed by atoms with Crippen LogP contribution in [0.25, 0.3) is 6.08 Å². The Balaban J connectivity index is 2.15. The maximum Gasteiger partial charge on any atom is 0.255 e. The molecule has 2 aromatic carbocycles. The predicted octanol–water partition coefficient (Wildman–Crippen LogP) is 4.52. The lowest BCUT2D eigenvalue weighted by atomic mass is 10.2. The monoisotopic (exact) mass is 371 g/mol. The van der Waals surface area contributed by atoms with Crippen molar-refractivity contribution in [1.82, 2.24) is 0 Å². The summed E-state index contributed by atoms with van der Waals surface area (Å²) in [6, 6.07) is 13.9. The molecule has 0 aliphatic carbocycles. The van der Waals surface area contributed by atoms with E-state index in [0.717, 1.165) is 11.0 Å². The van der Waals surface area contributed by atoms with Gasteiger partial charge in [0.05, 0.1) is 11.1 Å². The molecule has 2 rings (SSSR count). The molecular weight excluding hydrogens is 362 g/mol. The second-order valence-corrected chi connectivity index (χ2v) is 6.84. The van der Waals surface area contributed by atoms with Gasteiger partial charge in [-0.2, -0.15) is 0 Å². The Labute approximate surface area is 131 Å². The first kappa shape index (κ1) is 15.1. The van der Waals surface area contributed by atoms with Gasteiger partial charge in [0.25, 0.3) is 10.0 Å². The van der Waals surface area contributed by atoms with Gasteiger partial charge in [-0.25, -0.2) is 8.42 Å². The minimum atomic E-state index is -3.56. The maximum absolute atomic E-state index is 11.9. The van der Waals surface area contributed by atoms with Gasteiger partial charge >= 0.3 is 0 Å². The van der Waals surface area contributed by atoms with Crippen molar-refractivity contribution in [3.63, 3.8) is 0 Å². The molecule has 0 spiro atoms. The van der Waals surface area contributed by atoms with Crippen LogP contribution in [-0.2, 0) is 10.0 Å². The quantitative estimate of drug-likeness (QED) is 0.858. The minimum absolute atomic E-state index is 0.494. The normalized spacial score (nSPS) is 11.7. The fraction of sp³-hybridized carbons (Fsp3) is 0. The molecule has 0 aliphatic rings. The summed E-state index contributed by atoms with van der Waals surface area (Å²) in [6.45, 7) is 0. The SMILES string of the molecule is O=S(=O)(/C=C/c1ccc(Cl)cc1)Nc1ccccc1Br. The summed E-state index contributed by atoms with van der Waals surface area (Å²) < 4.78 is 27.1. The molecule has 0 radical (unpaired) electrons. The van der Waals surface area contributed by atoms with E-state index in [4.69, 9.17) is 11.6 Å². The molecule has 0 aromatic heterocycles. The highest BCUT2D eigenvalue weighted by Gasteiger charge is 2.07. The number of hydrogen-bond donors (Lipinski definition) is 1. The highest BCUT2D eigenvalue weighted by Crippen LogP contribution is 2.22. The van der Waals surface area contributed by atoms with Crippen molar-refractivity contribution in [3.05, 3.63) is 69.0 Å². The largest absolute Gasteiger partial charge is 0.279 e. The van der Waals surface area contributed by atoms with Gasteiger partial charge in [-0.05, 0) is 51.8 Å². The highest BCUT2D eigenvalue weighted by molar-refractivity contribution is 9.10. The number of benzene rings is 2. The smallest absolute Gasteiger partial charge is 0.255 e. The number of sulfonamides is 1. The fourth-order valence-electron chi connectivity index (χ4n) is 1.47. The first-order valence-electron chi connectivity index (χ1n) is 5.67. The van der Waals surface area contributed by atoms with E-state index in [2.05, 4.69) is 20.7 Å². The van der Waals surface area contributed by atoms with E-state index >= 15 is 0 Å². The molecule has 2 aromatic rings. The molecule has 1 N–H and O–H groups in total. The first-order chi connectivity index (χ1) is 9.46. The lowest BCUT2D eigenvalue weighted by Gasteiger charge is -2.06. The van der Waals surface area contributed by atoms with Crippen LogP contribution in [0.5, 0.6) is 0 Å². The second kappa shape index (κ2) is 6.43. The Kier molecular flexibility index (Phi) is 4.86. The van der Waals surface area contributed by atoms with Crippen LogP contribution in [0.4, 0.5) is 5.69 Å². The van der Waals surface area contributed by atoms with Crippen LogP contribution in [-0.4, -0.2) is 8.42 Å². The number of halogens is 2. The van der Waals surface area contributed by atoms with Crippen LogP contribution in [0.15, 0.2) is 58.4 Å². The van der Waals surface area contributed by atoms with Crippen LogP contribution in [0.2, 0.25) is 5.02 Å². The van der Waals surface area contributed by atoms with Gasteiger partial charge in [-0.15, -0.1) is 0 Å². The lowest BCUT2D eigenvalue weighted by molar-refractivity contribution is 0.609. The topological polar surface area (TPSA) is 46.2 Å². The molecule has 0 atom stereocenters. The number of para-hydroxylation sites is 1. The van der Waals surface area contributed by atoms with Gasteiger partial charge in [-0.1, -0.05) is 35.9 Å². The first-order valence-corrected chi connectivity index (χ1v) is 8.39. The predicted molar refractivity (Wildman–Crippen MR) is 87.2 cm³/mol. The number of anilines is 1. The van der Waals surface area contributed by atoms with Crippen LogP contribution in [0, 0.1) is 0 Å². The van der Waals surface area contributed by atoms with Gasteiger partial charge in [0, 0.05) is 9.50 Å². The number of rotatable bonds is 4. The summed E-state index contributed by atoms with van der Waals surface area (Å²) in [5.74, 6) is 0. The Hall–Kier alpha value is -1.30. The van der Waals surface area contributed by atoms with Crippen LogP contribution in [0.1, 0.15) is 5.56 Å². The van der Waals surface area contributed by atoms with Crippen LogP contribution >= 0.6 is 27.5 Å². The Morgan fingerprint density at radius 3 is 2.35 bits per heavy atom. The second-order valence-electron chi connectivity index (χ2n) is 3.98. The van der Waals surface area contributed by atoms with Crippen molar-refractivity contribution in [3.8, 4) is 0 Å². The summed E-state index contributed by atoms with van der Waals surface area (Å²) >= 11 is 9.05. The molecule has 6 heteroatoms. The third-order valence-electron chi connectivity index (χ3n) is 2.44. The van der Waals surface area contributed by atoms with Gasteiger partial charge < -0.3 is 0 Å². The number of hydrogen-bond acceptors (Lipinski definition) is 2. The van der Waals surface area contributed by atoms with E-state index in [0.29, 0.717) is 15.2 Å². The zero-order valence-electron chi connectivity index (χ0n) is 10.3. The average molecular weight is 373 g/mol. The van der Waals surface area contributed by atoms with Gasteiger partial charge in [0.2, 0.25) is 0 Å². The van der Waals surface area contributed by atoms with E-state index in [1.54, 1.807) is 42.5 Å². The van der Waals surface area contributed by atoms with Crippen molar-refractivity contribution in [2.45, 2.75) is 0 Å². The summed E-state index contributed by atoms with van der Waals surface area (Å²) in [4.78, 5) is 0. The molecule has 0 amide bonds. The highest BCUT2D eigenvalue weighted by atomic mass is 79.9. The van der Waals surface area contributed by atoms with Gasteiger partial charge in [0.15, 0.2) is 0 Å². The molecule has 0 bridgehead atoms. The van der Waals surface area contributed by atoms with E-state index in [1.807, 2.05) is 6.07 Å². The van der Waals surface area contributed by atoms with Crippen molar-refractivity contribution in [1.29, 1.82) is 0 Å². The average Bonchev–Trinajstić information content (AvgIpc) is 2.41. The standard InChI is InChI=1S/C14H11BrClNO2S/c15-13-3-1-2-4-14(13)17-20(18,19)10-9-11-5-7-12(16)8-6-11/h1-10,17H/b10-9+. The molecule has 0 heterocycles. The van der Waals surface area contributed by atoms with Crippen LogP contribution in [0.3, 0.4) is 0 Å². The van der Waals surface area contributed by atoms with E-state index < -0.39 is 10.0 Å². The van der Waals surface area contributed by atoms with E-state index in [1.165, 1.54) is 6.08 Å². The van der Waals surface area contributed by atoms with Crippen molar-refractivity contribution >= 4 is 49.3 Å². The molecule has 20 heavy (non-hydrogen) atoms. The molecule has 0 saturated heterocycles. The molecule has 3 nitrogen and oxygen atoms in total. The minimum Gasteiger partial charge on any atom is -0.279 e. The summed E-state index contributed by atoms with van der Waals surface area (Å²) in [6.07, 6.45) is 1.51. The molecule has 104 valence electrons. The molecule has 0 saturated carbocycles.